The van der Waals surface area contributed by atoms with E-state index in [0.29, 0.717) is 39.3 Å². The first-order valence-corrected chi connectivity index (χ1v) is 14.7. The highest BCUT2D eigenvalue weighted by molar-refractivity contribution is 6.37. The molecule has 0 aliphatic carbocycles. The summed E-state index contributed by atoms with van der Waals surface area (Å²) in [6, 6.07) is 32.8. The lowest BCUT2D eigenvalue weighted by Gasteiger charge is -2.26. The van der Waals surface area contributed by atoms with Gasteiger partial charge in [0.05, 0.1) is 29.3 Å². The van der Waals surface area contributed by atoms with Crippen molar-refractivity contribution >= 4 is 40.1 Å². The molecule has 0 bridgehead atoms. The van der Waals surface area contributed by atoms with Crippen molar-refractivity contribution in [1.29, 1.82) is 5.26 Å². The van der Waals surface area contributed by atoms with Gasteiger partial charge in [-0.1, -0.05) is 67.1 Å². The number of fused-ring (bicyclic) bond motifs is 1. The lowest BCUT2D eigenvalue weighted by Crippen LogP contribution is -2.29. The quantitative estimate of drug-likeness (QED) is 0.207. The molecule has 0 saturated carbocycles. The van der Waals surface area contributed by atoms with Gasteiger partial charge in [-0.15, -0.1) is 0 Å². The average Bonchev–Trinajstić information content (AvgIpc) is 3.36. The molecule has 0 radical (unpaired) electrons. The van der Waals surface area contributed by atoms with E-state index in [-0.39, 0.29) is 18.2 Å². The highest BCUT2D eigenvalue weighted by Crippen LogP contribution is 2.39. The van der Waals surface area contributed by atoms with Crippen LogP contribution in [0.3, 0.4) is 0 Å². The largest absolute Gasteiger partial charge is 0.354 e. The van der Waals surface area contributed by atoms with Crippen molar-refractivity contribution in [2.75, 3.05) is 29.0 Å². The maximum absolute atomic E-state index is 13.4. The molecule has 0 unspecified atom stereocenters. The molecule has 0 atom stereocenters. The Labute approximate surface area is 251 Å². The fourth-order valence-corrected chi connectivity index (χ4v) is 5.75. The molecule has 2 aliphatic heterocycles. The molecular weight excluding hydrogens is 534 g/mol. The van der Waals surface area contributed by atoms with Crippen LogP contribution < -0.4 is 16.0 Å². The molecule has 6 rings (SSSR count). The number of carbonyl (C=O) groups excluding carboxylic acids is 2. The van der Waals surface area contributed by atoms with Crippen molar-refractivity contribution in [2.24, 2.45) is 0 Å². The monoisotopic (exact) mass is 567 g/mol. The van der Waals surface area contributed by atoms with Gasteiger partial charge in [0.15, 0.2) is 0 Å². The van der Waals surface area contributed by atoms with Gasteiger partial charge in [0.25, 0.3) is 5.91 Å². The number of piperidine rings is 1. The van der Waals surface area contributed by atoms with E-state index < -0.39 is 0 Å². The Morgan fingerprint density at radius 2 is 1.56 bits per heavy atom. The van der Waals surface area contributed by atoms with Crippen LogP contribution >= 0.6 is 0 Å². The van der Waals surface area contributed by atoms with Gasteiger partial charge in [-0.3, -0.25) is 14.5 Å². The summed E-state index contributed by atoms with van der Waals surface area (Å²) in [7, 11) is 0. The summed E-state index contributed by atoms with van der Waals surface area (Å²) in [5.41, 5.74) is 7.31. The highest BCUT2D eigenvalue weighted by atomic mass is 16.2. The Bertz CT molecular complexity index is 1720. The number of carbonyl (C=O) groups is 2. The van der Waals surface area contributed by atoms with E-state index in [4.69, 9.17) is 0 Å². The van der Waals surface area contributed by atoms with Gasteiger partial charge >= 0.3 is 0 Å². The van der Waals surface area contributed by atoms with E-state index in [1.54, 1.807) is 30.3 Å². The molecule has 1 saturated heterocycles. The lowest BCUT2D eigenvalue weighted by molar-refractivity contribution is -0.115. The molecule has 43 heavy (non-hydrogen) atoms. The molecule has 4 aromatic carbocycles. The summed E-state index contributed by atoms with van der Waals surface area (Å²) in [5.74, 6) is -0.453. The Morgan fingerprint density at radius 1 is 0.837 bits per heavy atom. The molecule has 3 N–H and O–H groups in total. The van der Waals surface area contributed by atoms with Crippen molar-refractivity contribution in [1.82, 2.24) is 4.90 Å². The summed E-state index contributed by atoms with van der Waals surface area (Å²) >= 11 is 0. The molecule has 0 aromatic heterocycles. The number of anilines is 3. The molecule has 4 aromatic rings. The Hall–Kier alpha value is -5.19. The number of amides is 2. The summed E-state index contributed by atoms with van der Waals surface area (Å²) in [4.78, 5) is 28.8. The summed E-state index contributed by atoms with van der Waals surface area (Å²) in [6.45, 7) is 3.24. The normalized spacial score (nSPS) is 15.7. The van der Waals surface area contributed by atoms with Gasteiger partial charge in [-0.25, -0.2) is 0 Å². The third-order valence-electron chi connectivity index (χ3n) is 7.93. The van der Waals surface area contributed by atoms with Crippen molar-refractivity contribution < 1.29 is 9.59 Å². The Balaban J connectivity index is 1.28. The number of rotatable bonds is 8. The Morgan fingerprint density at radius 3 is 2.33 bits per heavy atom. The minimum absolute atomic E-state index is 0.0747. The maximum Gasteiger partial charge on any atom is 0.258 e. The molecule has 2 aliphatic rings. The standard InChI is InChI=1S/C36H33N5O2/c37-23-28-12-6-5-11-27(28)21-33(42)38-30-17-18-32-31(22-30)34(36(43)40-32)35(26-9-3-1-4-10-26)39-29-15-13-25(14-16-29)24-41-19-7-2-8-20-41/h1,3-6,9-18,22,39H,2,7-8,19-21,24H2,(H,38,42)(H,40,43). The second-order valence-electron chi connectivity index (χ2n) is 11.0. The minimum Gasteiger partial charge on any atom is -0.354 e. The SMILES string of the molecule is N#Cc1ccccc1CC(=O)Nc1ccc2c(c1)C(=C(Nc1ccc(CN3CCCCC3)cc1)c1ccccc1)C(=O)N2. The fourth-order valence-electron chi connectivity index (χ4n) is 5.75. The van der Waals surface area contributed by atoms with E-state index >= 15 is 0 Å². The van der Waals surface area contributed by atoms with E-state index in [2.05, 4.69) is 51.2 Å². The predicted octanol–water partition coefficient (Wildman–Crippen LogP) is 6.66. The summed E-state index contributed by atoms with van der Waals surface area (Å²) in [6.07, 6.45) is 3.92. The first-order chi connectivity index (χ1) is 21.1. The van der Waals surface area contributed by atoms with Gasteiger partial charge in [0, 0.05) is 29.2 Å². The van der Waals surface area contributed by atoms with Crippen molar-refractivity contribution in [3.63, 3.8) is 0 Å². The van der Waals surface area contributed by atoms with Crippen LogP contribution in [0.15, 0.2) is 97.1 Å². The summed E-state index contributed by atoms with van der Waals surface area (Å²) < 4.78 is 0. The molecule has 214 valence electrons. The maximum atomic E-state index is 13.4. The first kappa shape index (κ1) is 28.0. The van der Waals surface area contributed by atoms with E-state index in [1.165, 1.54) is 24.8 Å². The molecular formula is C36H33N5O2. The van der Waals surface area contributed by atoms with Crippen molar-refractivity contribution in [2.45, 2.75) is 32.2 Å². The van der Waals surface area contributed by atoms with Crippen molar-refractivity contribution in [3.8, 4) is 6.07 Å². The molecule has 7 nitrogen and oxygen atoms in total. The number of nitrogens with one attached hydrogen (secondary N) is 3. The Kier molecular flexibility index (Phi) is 8.30. The van der Waals surface area contributed by atoms with Crippen LogP contribution in [0.5, 0.6) is 0 Å². The molecule has 7 heteroatoms. The third kappa shape index (κ3) is 6.50. The van der Waals surface area contributed by atoms with Crippen LogP contribution in [-0.4, -0.2) is 29.8 Å². The number of likely N-dealkylation sites (tertiary alicyclic amines) is 1. The van der Waals surface area contributed by atoms with Crippen LogP contribution in [0.2, 0.25) is 0 Å². The number of hydrogen-bond acceptors (Lipinski definition) is 5. The van der Waals surface area contributed by atoms with E-state index in [9.17, 15) is 14.9 Å². The zero-order valence-electron chi connectivity index (χ0n) is 23.9. The third-order valence-corrected chi connectivity index (χ3v) is 7.93. The smallest absolute Gasteiger partial charge is 0.258 e. The molecule has 0 spiro atoms. The topological polar surface area (TPSA) is 97.3 Å². The zero-order chi connectivity index (χ0) is 29.6. The van der Waals surface area contributed by atoms with Crippen molar-refractivity contribution in [3.05, 3.63) is 125 Å². The van der Waals surface area contributed by atoms with E-state index in [0.717, 1.165) is 30.9 Å². The van der Waals surface area contributed by atoms with Gasteiger partial charge in [-0.05, 0) is 79.0 Å². The van der Waals surface area contributed by atoms with Gasteiger partial charge in [0.1, 0.15) is 0 Å². The molecule has 1 fully saturated rings. The predicted molar refractivity (Wildman–Crippen MR) is 171 cm³/mol. The lowest BCUT2D eigenvalue weighted by atomic mass is 9.99. The van der Waals surface area contributed by atoms with Crippen LogP contribution in [0.25, 0.3) is 11.3 Å². The fraction of sp³-hybridized carbons (Fsp3) is 0.194. The number of benzene rings is 4. The molecule has 2 amide bonds. The van der Waals surface area contributed by atoms with Crippen LogP contribution in [-0.2, 0) is 22.6 Å². The van der Waals surface area contributed by atoms with Crippen LogP contribution in [0.1, 0.15) is 47.1 Å². The first-order valence-electron chi connectivity index (χ1n) is 14.7. The van der Waals surface area contributed by atoms with Gasteiger partial charge in [-0.2, -0.15) is 5.26 Å². The van der Waals surface area contributed by atoms with E-state index in [1.807, 2.05) is 42.5 Å². The number of hydrogen-bond donors (Lipinski definition) is 3. The van der Waals surface area contributed by atoms with Crippen LogP contribution in [0.4, 0.5) is 17.1 Å². The molecule has 2 heterocycles. The average molecular weight is 568 g/mol. The number of nitrogens with zero attached hydrogens (tertiary/aromatic N) is 2. The number of nitriles is 1. The zero-order valence-corrected chi connectivity index (χ0v) is 23.9. The minimum atomic E-state index is -0.239. The van der Waals surface area contributed by atoms with Crippen LogP contribution in [0, 0.1) is 11.3 Å². The highest BCUT2D eigenvalue weighted by Gasteiger charge is 2.29. The van der Waals surface area contributed by atoms with Gasteiger partial charge in [0.2, 0.25) is 5.91 Å². The summed E-state index contributed by atoms with van der Waals surface area (Å²) in [5, 5.41) is 18.8. The van der Waals surface area contributed by atoms with Gasteiger partial charge < -0.3 is 16.0 Å². The second kappa shape index (κ2) is 12.8. The second-order valence-corrected chi connectivity index (χ2v) is 11.0.